The lowest BCUT2D eigenvalue weighted by Crippen LogP contribution is -2.54. The molecule has 0 aromatic rings. The van der Waals surface area contributed by atoms with Crippen LogP contribution in [-0.4, -0.2) is 40.4 Å². The molecule has 15 heavy (non-hydrogen) atoms. The van der Waals surface area contributed by atoms with E-state index in [4.69, 9.17) is 4.74 Å². The van der Waals surface area contributed by atoms with E-state index >= 15 is 0 Å². The third-order valence-corrected chi connectivity index (χ3v) is 2.77. The first kappa shape index (κ1) is 12.3. The molecular formula is C11H21NO3. The summed E-state index contributed by atoms with van der Waals surface area (Å²) in [5.41, 5.74) is -0.361. The predicted octanol–water partition coefficient (Wildman–Crippen LogP) is 2.33. The Morgan fingerprint density at radius 3 is 2.33 bits per heavy atom. The minimum atomic E-state index is -0.856. The Hall–Kier alpha value is -0.770. The van der Waals surface area contributed by atoms with Gasteiger partial charge in [0.05, 0.1) is 18.8 Å². The molecular weight excluding hydrogens is 194 g/mol. The maximum absolute atomic E-state index is 11.2. The van der Waals surface area contributed by atoms with Gasteiger partial charge in [0, 0.05) is 5.54 Å². The van der Waals surface area contributed by atoms with Crippen LogP contribution < -0.4 is 0 Å². The average Bonchev–Trinajstić information content (AvgIpc) is 2.05. The second-order valence-electron chi connectivity index (χ2n) is 5.20. The Morgan fingerprint density at radius 1 is 1.40 bits per heavy atom. The molecule has 1 rings (SSSR count). The van der Waals surface area contributed by atoms with Crippen molar-refractivity contribution in [2.45, 2.75) is 58.2 Å². The smallest absolute Gasteiger partial charge is 0.408 e. The first-order valence-electron chi connectivity index (χ1n) is 5.46. The maximum atomic E-state index is 11.2. The first-order valence-corrected chi connectivity index (χ1v) is 5.46. The highest BCUT2D eigenvalue weighted by Gasteiger charge is 2.35. The van der Waals surface area contributed by atoms with Crippen molar-refractivity contribution in [3.05, 3.63) is 0 Å². The van der Waals surface area contributed by atoms with E-state index in [-0.39, 0.29) is 17.7 Å². The molecule has 1 aliphatic rings. The van der Waals surface area contributed by atoms with E-state index in [0.29, 0.717) is 6.61 Å². The van der Waals surface area contributed by atoms with Crippen molar-refractivity contribution in [3.8, 4) is 0 Å². The zero-order valence-corrected chi connectivity index (χ0v) is 9.99. The van der Waals surface area contributed by atoms with E-state index in [2.05, 4.69) is 0 Å². The minimum Gasteiger partial charge on any atom is -0.465 e. The van der Waals surface area contributed by atoms with Crippen molar-refractivity contribution >= 4 is 6.09 Å². The van der Waals surface area contributed by atoms with Gasteiger partial charge in [0.15, 0.2) is 0 Å². The van der Waals surface area contributed by atoms with Crippen molar-refractivity contribution in [1.29, 1.82) is 0 Å². The molecule has 0 aromatic heterocycles. The molecule has 0 aromatic carbocycles. The van der Waals surface area contributed by atoms with Crippen LogP contribution >= 0.6 is 0 Å². The molecule has 1 fully saturated rings. The van der Waals surface area contributed by atoms with Gasteiger partial charge in [-0.15, -0.1) is 0 Å². The van der Waals surface area contributed by atoms with Crippen molar-refractivity contribution in [1.82, 2.24) is 4.90 Å². The largest absolute Gasteiger partial charge is 0.465 e. The third kappa shape index (κ3) is 3.09. The maximum Gasteiger partial charge on any atom is 0.408 e. The number of nitrogens with zero attached hydrogens (tertiary/aromatic N) is 1. The average molecular weight is 215 g/mol. The quantitative estimate of drug-likeness (QED) is 0.730. The second-order valence-corrected chi connectivity index (χ2v) is 5.20. The molecule has 0 aliphatic carbocycles. The third-order valence-electron chi connectivity index (χ3n) is 2.77. The number of ether oxygens (including phenoxy) is 1. The van der Waals surface area contributed by atoms with Crippen molar-refractivity contribution in [2.75, 3.05) is 6.61 Å². The summed E-state index contributed by atoms with van der Waals surface area (Å²) in [5, 5.41) is 9.20. The molecule has 0 radical (unpaired) electrons. The Kier molecular flexibility index (Phi) is 3.60. The van der Waals surface area contributed by atoms with Gasteiger partial charge in [0.25, 0.3) is 0 Å². The minimum absolute atomic E-state index is 0.00120. The van der Waals surface area contributed by atoms with Gasteiger partial charge in [0.1, 0.15) is 0 Å². The van der Waals surface area contributed by atoms with Crippen LogP contribution in [0.25, 0.3) is 0 Å². The van der Waals surface area contributed by atoms with Crippen LogP contribution in [0.4, 0.5) is 4.79 Å². The Bertz CT molecular complexity index is 226. The van der Waals surface area contributed by atoms with Gasteiger partial charge in [0.2, 0.25) is 0 Å². The number of carbonyl (C=O) groups is 1. The van der Waals surface area contributed by atoms with Crippen molar-refractivity contribution in [2.24, 2.45) is 0 Å². The predicted molar refractivity (Wildman–Crippen MR) is 58.1 cm³/mol. The summed E-state index contributed by atoms with van der Waals surface area (Å²) in [6.07, 6.45) is 1.23. The molecule has 1 N–H and O–H groups in total. The van der Waals surface area contributed by atoms with Crippen LogP contribution in [0.3, 0.4) is 0 Å². The fourth-order valence-corrected chi connectivity index (χ4v) is 2.06. The second kappa shape index (κ2) is 4.39. The zero-order valence-electron chi connectivity index (χ0n) is 9.99. The Morgan fingerprint density at radius 2 is 2.00 bits per heavy atom. The molecule has 0 spiro atoms. The molecule has 88 valence electrons. The summed E-state index contributed by atoms with van der Waals surface area (Å²) in [5.74, 6) is 0. The number of carboxylic acid groups (broad SMARTS) is 1. The molecule has 1 amide bonds. The number of amides is 1. The fraction of sp³-hybridized carbons (Fsp3) is 0.909. The highest BCUT2D eigenvalue weighted by molar-refractivity contribution is 5.66. The Balaban J connectivity index is 2.69. The van der Waals surface area contributed by atoms with E-state index in [1.54, 1.807) is 0 Å². The van der Waals surface area contributed by atoms with Crippen molar-refractivity contribution in [3.63, 3.8) is 0 Å². The monoisotopic (exact) mass is 215 g/mol. The topological polar surface area (TPSA) is 49.8 Å². The number of hydrogen-bond acceptors (Lipinski definition) is 2. The van der Waals surface area contributed by atoms with Gasteiger partial charge in [-0.2, -0.15) is 0 Å². The van der Waals surface area contributed by atoms with E-state index in [1.165, 1.54) is 4.90 Å². The van der Waals surface area contributed by atoms with Crippen LogP contribution in [0.2, 0.25) is 0 Å². The molecule has 1 heterocycles. The SMILES string of the molecule is C[C@H]1CC[C@@H](N(C(=O)O)C(C)(C)C)CO1. The van der Waals surface area contributed by atoms with E-state index in [0.717, 1.165) is 12.8 Å². The molecule has 2 atom stereocenters. The van der Waals surface area contributed by atoms with Gasteiger partial charge in [-0.3, -0.25) is 4.90 Å². The lowest BCUT2D eigenvalue weighted by atomic mass is 9.98. The Labute approximate surface area is 91.2 Å². The summed E-state index contributed by atoms with van der Waals surface area (Å²) >= 11 is 0. The molecule has 0 bridgehead atoms. The van der Waals surface area contributed by atoms with Crippen LogP contribution in [0, 0.1) is 0 Å². The van der Waals surface area contributed by atoms with Gasteiger partial charge in [-0.1, -0.05) is 0 Å². The highest BCUT2D eigenvalue weighted by Crippen LogP contribution is 2.24. The fourth-order valence-electron chi connectivity index (χ4n) is 2.06. The van der Waals surface area contributed by atoms with Crippen LogP contribution in [0.15, 0.2) is 0 Å². The van der Waals surface area contributed by atoms with Gasteiger partial charge >= 0.3 is 6.09 Å². The van der Waals surface area contributed by atoms with E-state index in [9.17, 15) is 9.90 Å². The van der Waals surface area contributed by atoms with Gasteiger partial charge in [-0.05, 0) is 40.5 Å². The summed E-state index contributed by atoms with van der Waals surface area (Å²) in [7, 11) is 0. The van der Waals surface area contributed by atoms with E-state index in [1.807, 2.05) is 27.7 Å². The molecule has 4 heteroatoms. The van der Waals surface area contributed by atoms with Crippen LogP contribution in [-0.2, 0) is 4.74 Å². The summed E-state index contributed by atoms with van der Waals surface area (Å²) in [6.45, 7) is 8.29. The lowest BCUT2D eigenvalue weighted by Gasteiger charge is -2.42. The molecule has 0 saturated carbocycles. The molecule has 4 nitrogen and oxygen atoms in total. The van der Waals surface area contributed by atoms with Crippen LogP contribution in [0.1, 0.15) is 40.5 Å². The molecule has 0 unspecified atom stereocenters. The van der Waals surface area contributed by atoms with Gasteiger partial charge in [-0.25, -0.2) is 4.79 Å². The number of rotatable bonds is 1. The molecule has 1 aliphatic heterocycles. The summed E-state index contributed by atoms with van der Waals surface area (Å²) < 4.78 is 5.51. The standard InChI is InChI=1S/C11H21NO3/c1-8-5-6-9(7-15-8)12(10(13)14)11(2,3)4/h8-9H,5-7H2,1-4H3,(H,13,14)/t8-,9+/m0/s1. The number of hydrogen-bond donors (Lipinski definition) is 1. The van der Waals surface area contributed by atoms with Crippen LogP contribution in [0.5, 0.6) is 0 Å². The lowest BCUT2D eigenvalue weighted by molar-refractivity contribution is -0.0432. The zero-order chi connectivity index (χ0) is 11.6. The molecule has 1 saturated heterocycles. The summed E-state index contributed by atoms with van der Waals surface area (Å²) in [6, 6.07) is -0.00120. The first-order chi connectivity index (χ1) is 6.82. The highest BCUT2D eigenvalue weighted by atomic mass is 16.5. The van der Waals surface area contributed by atoms with Crippen molar-refractivity contribution < 1.29 is 14.6 Å². The normalized spacial score (nSPS) is 27.5. The van der Waals surface area contributed by atoms with E-state index < -0.39 is 6.09 Å². The summed E-state index contributed by atoms with van der Waals surface area (Å²) in [4.78, 5) is 12.7. The van der Waals surface area contributed by atoms with Gasteiger partial charge < -0.3 is 9.84 Å².